The molecule has 1 aliphatic heterocycles. The standard InChI is InChI=1S/C18H26N2O3/c1-12-7-8-15(14-9-13(2)19-16(10-14)22-6)20(11-12)17(21)23-18(3,4)5/h8-10,12H,7,11H2,1-6H3. The number of aromatic nitrogens is 1. The minimum Gasteiger partial charge on any atom is -0.481 e. The topological polar surface area (TPSA) is 51.7 Å². The molecule has 1 atom stereocenters. The first-order chi connectivity index (χ1) is 10.7. The first-order valence-electron chi connectivity index (χ1n) is 7.93. The molecule has 2 heterocycles. The van der Waals surface area contributed by atoms with Crippen molar-refractivity contribution in [2.45, 2.75) is 46.6 Å². The zero-order chi connectivity index (χ0) is 17.2. The maximum Gasteiger partial charge on any atom is 0.414 e. The van der Waals surface area contributed by atoms with Crippen LogP contribution in [-0.2, 0) is 4.74 Å². The van der Waals surface area contributed by atoms with E-state index in [1.807, 2.05) is 39.8 Å². The minimum absolute atomic E-state index is 0.316. The smallest absolute Gasteiger partial charge is 0.414 e. The Bertz CT molecular complexity index is 617. The van der Waals surface area contributed by atoms with E-state index in [4.69, 9.17) is 9.47 Å². The Balaban J connectivity index is 2.37. The molecule has 0 spiro atoms. The SMILES string of the molecule is COc1cc(C2=CCC(C)CN2C(=O)OC(C)(C)C)cc(C)n1. The molecule has 2 rings (SSSR count). The van der Waals surface area contributed by atoms with Gasteiger partial charge in [-0.15, -0.1) is 0 Å². The first kappa shape index (κ1) is 17.3. The van der Waals surface area contributed by atoms with Gasteiger partial charge < -0.3 is 9.47 Å². The Morgan fingerprint density at radius 2 is 2.04 bits per heavy atom. The molecule has 23 heavy (non-hydrogen) atoms. The molecule has 0 radical (unpaired) electrons. The Labute approximate surface area is 138 Å². The predicted molar refractivity (Wildman–Crippen MR) is 90.2 cm³/mol. The van der Waals surface area contributed by atoms with Gasteiger partial charge in [-0.05, 0) is 46.1 Å². The summed E-state index contributed by atoms with van der Waals surface area (Å²) in [7, 11) is 1.59. The number of carbonyl (C=O) groups is 1. The molecule has 0 aliphatic carbocycles. The lowest BCUT2D eigenvalue weighted by atomic mass is 9.98. The quantitative estimate of drug-likeness (QED) is 0.826. The Kier molecular flexibility index (Phi) is 4.97. The minimum atomic E-state index is -0.519. The summed E-state index contributed by atoms with van der Waals surface area (Å²) in [5, 5.41) is 0. The third kappa shape index (κ3) is 4.47. The van der Waals surface area contributed by atoms with Crippen molar-refractivity contribution < 1.29 is 14.3 Å². The third-order valence-corrected chi connectivity index (χ3v) is 3.55. The van der Waals surface area contributed by atoms with Crippen molar-refractivity contribution in [2.24, 2.45) is 5.92 Å². The number of carbonyl (C=O) groups excluding carboxylic acids is 1. The lowest BCUT2D eigenvalue weighted by Gasteiger charge is -2.34. The highest BCUT2D eigenvalue weighted by molar-refractivity contribution is 5.83. The largest absolute Gasteiger partial charge is 0.481 e. The average molecular weight is 318 g/mol. The van der Waals surface area contributed by atoms with Crippen molar-refractivity contribution in [1.29, 1.82) is 0 Å². The van der Waals surface area contributed by atoms with Crippen LogP contribution in [0.2, 0.25) is 0 Å². The molecule has 1 amide bonds. The van der Waals surface area contributed by atoms with Gasteiger partial charge in [0, 0.05) is 23.9 Å². The summed E-state index contributed by atoms with van der Waals surface area (Å²) in [4.78, 5) is 18.6. The van der Waals surface area contributed by atoms with E-state index < -0.39 is 5.60 Å². The summed E-state index contributed by atoms with van der Waals surface area (Å²) in [6.07, 6.45) is 2.70. The fourth-order valence-electron chi connectivity index (χ4n) is 2.56. The highest BCUT2D eigenvalue weighted by atomic mass is 16.6. The molecule has 0 saturated carbocycles. The first-order valence-corrected chi connectivity index (χ1v) is 7.93. The average Bonchev–Trinajstić information content (AvgIpc) is 2.44. The highest BCUT2D eigenvalue weighted by Gasteiger charge is 2.29. The van der Waals surface area contributed by atoms with Crippen molar-refractivity contribution in [3.8, 4) is 5.88 Å². The van der Waals surface area contributed by atoms with Crippen LogP contribution in [0, 0.1) is 12.8 Å². The Hall–Kier alpha value is -2.04. The number of ether oxygens (including phenoxy) is 2. The van der Waals surface area contributed by atoms with Gasteiger partial charge in [0.25, 0.3) is 0 Å². The molecule has 1 aromatic rings. The van der Waals surface area contributed by atoms with Gasteiger partial charge in [0.1, 0.15) is 5.60 Å². The van der Waals surface area contributed by atoms with Crippen LogP contribution in [0.4, 0.5) is 4.79 Å². The van der Waals surface area contributed by atoms with Crippen LogP contribution in [0.25, 0.3) is 5.70 Å². The number of allylic oxidation sites excluding steroid dienone is 1. The van der Waals surface area contributed by atoms with E-state index in [9.17, 15) is 4.79 Å². The molecule has 5 heteroatoms. The van der Waals surface area contributed by atoms with Crippen LogP contribution in [-0.4, -0.2) is 35.2 Å². The van der Waals surface area contributed by atoms with Gasteiger partial charge in [-0.2, -0.15) is 0 Å². The third-order valence-electron chi connectivity index (χ3n) is 3.55. The van der Waals surface area contributed by atoms with E-state index in [2.05, 4.69) is 18.0 Å². The summed E-state index contributed by atoms with van der Waals surface area (Å²) in [5.74, 6) is 0.944. The molecule has 0 fully saturated rings. The fourth-order valence-corrected chi connectivity index (χ4v) is 2.56. The van der Waals surface area contributed by atoms with E-state index in [1.165, 1.54) is 0 Å². The Morgan fingerprint density at radius 3 is 2.65 bits per heavy atom. The van der Waals surface area contributed by atoms with Gasteiger partial charge in [-0.1, -0.05) is 13.0 Å². The van der Waals surface area contributed by atoms with Gasteiger partial charge in [0.05, 0.1) is 12.8 Å². The van der Waals surface area contributed by atoms with Crippen LogP contribution in [0.5, 0.6) is 5.88 Å². The zero-order valence-electron chi connectivity index (χ0n) is 14.8. The number of amides is 1. The number of hydrogen-bond acceptors (Lipinski definition) is 4. The number of pyridine rings is 1. The highest BCUT2D eigenvalue weighted by Crippen LogP contribution is 2.30. The normalized spacial score (nSPS) is 18.4. The maximum atomic E-state index is 12.6. The van der Waals surface area contributed by atoms with Crippen molar-refractivity contribution in [1.82, 2.24) is 9.88 Å². The lowest BCUT2D eigenvalue weighted by molar-refractivity contribution is 0.0327. The summed E-state index contributed by atoms with van der Waals surface area (Å²) in [6, 6.07) is 3.81. The van der Waals surface area contributed by atoms with E-state index in [-0.39, 0.29) is 6.09 Å². The molecule has 0 N–H and O–H groups in total. The molecule has 0 saturated heterocycles. The van der Waals surface area contributed by atoms with Crippen LogP contribution in [0.3, 0.4) is 0 Å². The molecule has 1 aromatic heterocycles. The van der Waals surface area contributed by atoms with E-state index >= 15 is 0 Å². The second-order valence-electron chi connectivity index (χ2n) is 7.06. The van der Waals surface area contributed by atoms with Crippen LogP contribution in [0.1, 0.15) is 45.4 Å². The molecular weight excluding hydrogens is 292 g/mol. The molecule has 126 valence electrons. The number of nitrogens with zero attached hydrogens (tertiary/aromatic N) is 2. The second-order valence-corrected chi connectivity index (χ2v) is 7.06. The summed E-state index contributed by atoms with van der Waals surface area (Å²) < 4.78 is 10.8. The van der Waals surface area contributed by atoms with Crippen LogP contribution in [0.15, 0.2) is 18.2 Å². The van der Waals surface area contributed by atoms with E-state index in [1.54, 1.807) is 12.0 Å². The number of hydrogen-bond donors (Lipinski definition) is 0. The Morgan fingerprint density at radius 1 is 1.35 bits per heavy atom. The van der Waals surface area contributed by atoms with Crippen LogP contribution < -0.4 is 4.74 Å². The van der Waals surface area contributed by atoms with E-state index in [0.29, 0.717) is 18.3 Å². The second kappa shape index (κ2) is 6.60. The van der Waals surface area contributed by atoms with Gasteiger partial charge in [0.15, 0.2) is 0 Å². The summed E-state index contributed by atoms with van der Waals surface area (Å²) >= 11 is 0. The van der Waals surface area contributed by atoms with Gasteiger partial charge >= 0.3 is 6.09 Å². The molecule has 1 unspecified atom stereocenters. The van der Waals surface area contributed by atoms with Crippen molar-refractivity contribution in [3.63, 3.8) is 0 Å². The van der Waals surface area contributed by atoms with Crippen molar-refractivity contribution in [3.05, 3.63) is 29.5 Å². The van der Waals surface area contributed by atoms with Crippen molar-refractivity contribution >= 4 is 11.8 Å². The predicted octanol–water partition coefficient (Wildman–Crippen LogP) is 4.02. The molecular formula is C18H26N2O3. The summed E-state index contributed by atoms with van der Waals surface area (Å²) in [5.41, 5.74) is 2.12. The number of methoxy groups -OCH3 is 1. The van der Waals surface area contributed by atoms with Gasteiger partial charge in [-0.3, -0.25) is 4.90 Å². The van der Waals surface area contributed by atoms with Gasteiger partial charge in [-0.25, -0.2) is 9.78 Å². The molecule has 1 aliphatic rings. The fraction of sp³-hybridized carbons (Fsp3) is 0.556. The number of aryl methyl sites for hydroxylation is 1. The van der Waals surface area contributed by atoms with E-state index in [0.717, 1.165) is 23.4 Å². The lowest BCUT2D eigenvalue weighted by Crippen LogP contribution is -2.39. The maximum absolute atomic E-state index is 12.6. The number of rotatable bonds is 2. The molecule has 0 aromatic carbocycles. The monoisotopic (exact) mass is 318 g/mol. The summed E-state index contributed by atoms with van der Waals surface area (Å²) in [6.45, 7) is 10.3. The zero-order valence-corrected chi connectivity index (χ0v) is 14.8. The van der Waals surface area contributed by atoms with Gasteiger partial charge in [0.2, 0.25) is 5.88 Å². The van der Waals surface area contributed by atoms with Crippen molar-refractivity contribution in [2.75, 3.05) is 13.7 Å². The molecule has 0 bridgehead atoms. The van der Waals surface area contributed by atoms with Crippen LogP contribution >= 0.6 is 0 Å². The molecule has 5 nitrogen and oxygen atoms in total.